The van der Waals surface area contributed by atoms with Crippen LogP contribution >= 0.6 is 0 Å². The van der Waals surface area contributed by atoms with E-state index in [0.717, 1.165) is 37.7 Å². The van der Waals surface area contributed by atoms with Crippen molar-refractivity contribution < 1.29 is 18.7 Å². The van der Waals surface area contributed by atoms with E-state index in [1.165, 1.54) is 13.2 Å². The lowest BCUT2D eigenvalue weighted by Crippen LogP contribution is -2.43. The largest absolute Gasteiger partial charge is 0.469 e. The quantitative estimate of drug-likeness (QED) is 0.431. The summed E-state index contributed by atoms with van der Waals surface area (Å²) in [4.78, 5) is 21.4. The molecule has 3 unspecified atom stereocenters. The summed E-state index contributed by atoms with van der Waals surface area (Å²) in [5, 5.41) is 3.35. The summed E-state index contributed by atoms with van der Waals surface area (Å²) in [5.41, 5.74) is 0.915. The molecule has 2 fully saturated rings. The van der Waals surface area contributed by atoms with E-state index in [9.17, 15) is 9.18 Å². The van der Waals surface area contributed by atoms with Crippen LogP contribution in [0.5, 0.6) is 0 Å². The molecule has 1 aromatic rings. The number of aliphatic imine (C=N–C) groups is 1. The summed E-state index contributed by atoms with van der Waals surface area (Å²) in [6, 6.07) is 6.72. The van der Waals surface area contributed by atoms with Crippen molar-refractivity contribution in [1.29, 1.82) is 0 Å². The third kappa shape index (κ3) is 5.49. The first-order chi connectivity index (χ1) is 14.5. The summed E-state index contributed by atoms with van der Waals surface area (Å²) < 4.78 is 24.4. The minimum absolute atomic E-state index is 0.0327. The van der Waals surface area contributed by atoms with Crippen LogP contribution < -0.4 is 5.32 Å². The minimum Gasteiger partial charge on any atom is -0.469 e. The zero-order valence-electron chi connectivity index (χ0n) is 18.1. The molecule has 2 heterocycles. The van der Waals surface area contributed by atoms with Crippen molar-refractivity contribution in [2.45, 2.75) is 19.9 Å². The summed E-state index contributed by atoms with van der Waals surface area (Å²) in [7, 11) is 1.43. The number of likely N-dealkylation sites (tertiary alicyclic amines) is 1. The van der Waals surface area contributed by atoms with Crippen LogP contribution in [0.25, 0.3) is 0 Å². The zero-order valence-corrected chi connectivity index (χ0v) is 18.1. The molecule has 0 radical (unpaired) electrons. The van der Waals surface area contributed by atoms with Crippen molar-refractivity contribution in [3.8, 4) is 0 Å². The van der Waals surface area contributed by atoms with Crippen LogP contribution in [0, 0.1) is 17.7 Å². The number of morpholine rings is 1. The van der Waals surface area contributed by atoms with Gasteiger partial charge in [-0.25, -0.2) is 4.39 Å². The third-order valence-corrected chi connectivity index (χ3v) is 5.88. The van der Waals surface area contributed by atoms with Gasteiger partial charge >= 0.3 is 5.97 Å². The average molecular weight is 421 g/mol. The van der Waals surface area contributed by atoms with E-state index >= 15 is 0 Å². The molecule has 1 N–H and O–H groups in total. The Kier molecular flexibility index (Phi) is 8.04. The molecule has 0 aromatic heterocycles. The van der Waals surface area contributed by atoms with Gasteiger partial charge in [0.15, 0.2) is 5.96 Å². The molecule has 2 aliphatic heterocycles. The van der Waals surface area contributed by atoms with E-state index in [4.69, 9.17) is 14.5 Å². The number of halogens is 1. The second kappa shape index (κ2) is 10.7. The molecule has 0 saturated carbocycles. The topological polar surface area (TPSA) is 66.4 Å². The maximum absolute atomic E-state index is 13.9. The van der Waals surface area contributed by atoms with E-state index in [-0.39, 0.29) is 29.7 Å². The second-order valence-corrected chi connectivity index (χ2v) is 7.93. The molecule has 30 heavy (non-hydrogen) atoms. The van der Waals surface area contributed by atoms with Crippen LogP contribution in [0.4, 0.5) is 4.39 Å². The van der Waals surface area contributed by atoms with Crippen molar-refractivity contribution in [2.75, 3.05) is 59.6 Å². The fourth-order valence-electron chi connectivity index (χ4n) is 4.23. The highest BCUT2D eigenvalue weighted by molar-refractivity contribution is 5.82. The molecule has 166 valence electrons. The highest BCUT2D eigenvalue weighted by Crippen LogP contribution is 2.26. The summed E-state index contributed by atoms with van der Waals surface area (Å²) in [5.74, 6) is 0.407. The summed E-state index contributed by atoms with van der Waals surface area (Å²) in [6.45, 7) is 9.56. The number of guanidine groups is 1. The minimum atomic E-state index is -0.240. The number of hydrogen-bond donors (Lipinski definition) is 1. The molecule has 0 amide bonds. The van der Waals surface area contributed by atoms with Gasteiger partial charge in [-0.2, -0.15) is 0 Å². The lowest BCUT2D eigenvalue weighted by Gasteiger charge is -2.34. The van der Waals surface area contributed by atoms with Gasteiger partial charge in [0.2, 0.25) is 0 Å². The van der Waals surface area contributed by atoms with Gasteiger partial charge in [0.05, 0.1) is 38.8 Å². The van der Waals surface area contributed by atoms with Gasteiger partial charge in [-0.1, -0.05) is 19.1 Å². The van der Waals surface area contributed by atoms with Crippen LogP contribution in [-0.2, 0) is 14.3 Å². The highest BCUT2D eigenvalue weighted by atomic mass is 19.1. The number of ether oxygens (including phenoxy) is 2. The summed E-state index contributed by atoms with van der Waals surface area (Å²) >= 11 is 0. The Balaban J connectivity index is 1.79. The number of carbonyl (C=O) groups excluding carboxylic acids is 1. The van der Waals surface area contributed by atoms with Gasteiger partial charge in [-0.05, 0) is 30.5 Å². The molecular weight excluding hydrogens is 387 g/mol. The lowest BCUT2D eigenvalue weighted by atomic mass is 9.99. The van der Waals surface area contributed by atoms with Gasteiger partial charge < -0.3 is 19.7 Å². The van der Waals surface area contributed by atoms with Crippen LogP contribution in [0.2, 0.25) is 0 Å². The molecule has 8 heteroatoms. The molecule has 0 spiro atoms. The molecular formula is C22H33FN4O3. The molecule has 0 aliphatic carbocycles. The Bertz CT molecular complexity index is 739. The fourth-order valence-corrected chi connectivity index (χ4v) is 4.23. The van der Waals surface area contributed by atoms with Crippen LogP contribution in [0.1, 0.15) is 25.5 Å². The molecule has 2 aliphatic rings. The molecule has 3 rings (SSSR count). The lowest BCUT2D eigenvalue weighted by molar-refractivity contribution is -0.145. The first-order valence-electron chi connectivity index (χ1n) is 10.7. The van der Waals surface area contributed by atoms with Crippen molar-refractivity contribution in [1.82, 2.24) is 15.1 Å². The molecule has 3 atom stereocenters. The molecule has 0 bridgehead atoms. The van der Waals surface area contributed by atoms with Gasteiger partial charge in [0, 0.05) is 32.7 Å². The van der Waals surface area contributed by atoms with Crippen molar-refractivity contribution >= 4 is 11.9 Å². The van der Waals surface area contributed by atoms with Crippen LogP contribution in [0.3, 0.4) is 0 Å². The number of hydrogen-bond acceptors (Lipinski definition) is 5. The number of nitrogens with one attached hydrogen (secondary N) is 1. The Morgan fingerprint density at radius 1 is 1.37 bits per heavy atom. The van der Waals surface area contributed by atoms with Gasteiger partial charge in [-0.15, -0.1) is 0 Å². The SMILES string of the molecule is CCNC(=NCC(c1cccc(F)c1)N1CCOCC1)N1CC(C)C(C(=O)OC)C1. The Morgan fingerprint density at radius 2 is 2.13 bits per heavy atom. The third-order valence-electron chi connectivity index (χ3n) is 5.88. The number of nitrogens with zero attached hydrogens (tertiary/aromatic N) is 3. The number of carbonyl (C=O) groups is 1. The number of esters is 1. The normalized spacial score (nSPS) is 24.0. The predicted molar refractivity (Wildman–Crippen MR) is 114 cm³/mol. The monoisotopic (exact) mass is 420 g/mol. The van der Waals surface area contributed by atoms with E-state index in [1.807, 2.05) is 13.0 Å². The van der Waals surface area contributed by atoms with E-state index in [1.54, 1.807) is 12.1 Å². The molecule has 2 saturated heterocycles. The van der Waals surface area contributed by atoms with E-state index in [2.05, 4.69) is 22.0 Å². The molecule has 1 aromatic carbocycles. The van der Waals surface area contributed by atoms with E-state index in [0.29, 0.717) is 26.3 Å². The van der Waals surface area contributed by atoms with Gasteiger partial charge in [0.25, 0.3) is 0 Å². The smallest absolute Gasteiger partial charge is 0.310 e. The highest BCUT2D eigenvalue weighted by Gasteiger charge is 2.37. The first kappa shape index (κ1) is 22.5. The predicted octanol–water partition coefficient (Wildman–Crippen LogP) is 1.91. The second-order valence-electron chi connectivity index (χ2n) is 7.93. The summed E-state index contributed by atoms with van der Waals surface area (Å²) in [6.07, 6.45) is 0. The molecule has 7 nitrogen and oxygen atoms in total. The van der Waals surface area contributed by atoms with Crippen molar-refractivity contribution in [3.05, 3.63) is 35.6 Å². The Hall–Kier alpha value is -2.19. The average Bonchev–Trinajstić information content (AvgIpc) is 3.15. The van der Waals surface area contributed by atoms with Crippen molar-refractivity contribution in [2.24, 2.45) is 16.8 Å². The number of rotatable bonds is 6. The number of methoxy groups -OCH3 is 1. The fraction of sp³-hybridized carbons (Fsp3) is 0.636. The van der Waals surface area contributed by atoms with Crippen LogP contribution in [0.15, 0.2) is 29.3 Å². The zero-order chi connectivity index (χ0) is 21.5. The van der Waals surface area contributed by atoms with Crippen molar-refractivity contribution in [3.63, 3.8) is 0 Å². The first-order valence-corrected chi connectivity index (χ1v) is 10.7. The number of benzene rings is 1. The Labute approximate surface area is 178 Å². The maximum atomic E-state index is 13.9. The van der Waals surface area contributed by atoms with E-state index < -0.39 is 0 Å². The standard InChI is InChI=1S/C22H33FN4O3/c1-4-24-22(27-14-16(2)19(15-27)21(28)29-3)25-13-20(26-8-10-30-11-9-26)17-6-5-7-18(23)12-17/h5-7,12,16,19-20H,4,8-11,13-15H2,1-3H3,(H,24,25). The van der Waals surface area contributed by atoms with Crippen LogP contribution in [-0.4, -0.2) is 81.3 Å². The van der Waals surface area contributed by atoms with Gasteiger partial charge in [-0.3, -0.25) is 14.7 Å². The Morgan fingerprint density at radius 3 is 2.80 bits per heavy atom. The maximum Gasteiger partial charge on any atom is 0.310 e. The van der Waals surface area contributed by atoms with Gasteiger partial charge in [0.1, 0.15) is 5.82 Å².